The molecule has 0 saturated carbocycles. The molecule has 1 unspecified atom stereocenters. The lowest BCUT2D eigenvalue weighted by Crippen LogP contribution is -2.30. The summed E-state index contributed by atoms with van der Waals surface area (Å²) >= 11 is 0. The van der Waals surface area contributed by atoms with Crippen LogP contribution in [0, 0.1) is 0 Å². The van der Waals surface area contributed by atoms with Crippen LogP contribution >= 0.6 is 0 Å². The highest BCUT2D eigenvalue weighted by Gasteiger charge is 2.09. The predicted octanol–water partition coefficient (Wildman–Crippen LogP) is 1.55. The minimum Gasteiger partial charge on any atom is -0.438 e. The SMILES string of the molecule is CC(O[C]=O)N(C)Cc1ccccc1. The Labute approximate surface area is 84.3 Å². The average Bonchev–Trinajstić information content (AvgIpc) is 2.19. The topological polar surface area (TPSA) is 29.5 Å². The van der Waals surface area contributed by atoms with E-state index in [9.17, 15) is 4.79 Å². The van der Waals surface area contributed by atoms with Gasteiger partial charge in [-0.2, -0.15) is 0 Å². The Morgan fingerprint density at radius 1 is 1.43 bits per heavy atom. The maximum Gasteiger partial charge on any atom is 0.419 e. The van der Waals surface area contributed by atoms with Crippen molar-refractivity contribution in [2.45, 2.75) is 19.7 Å². The van der Waals surface area contributed by atoms with E-state index in [0.717, 1.165) is 6.54 Å². The van der Waals surface area contributed by atoms with E-state index >= 15 is 0 Å². The first-order chi connectivity index (χ1) is 6.74. The zero-order valence-electron chi connectivity index (χ0n) is 8.43. The van der Waals surface area contributed by atoms with Crippen molar-refractivity contribution in [3.8, 4) is 0 Å². The molecular formula is C11H14NO2. The van der Waals surface area contributed by atoms with Gasteiger partial charge in [-0.1, -0.05) is 30.3 Å². The minimum atomic E-state index is -0.243. The molecule has 0 aliphatic carbocycles. The Hall–Kier alpha value is -1.35. The van der Waals surface area contributed by atoms with E-state index in [1.165, 1.54) is 12.0 Å². The monoisotopic (exact) mass is 192 g/mol. The summed E-state index contributed by atoms with van der Waals surface area (Å²) in [5, 5.41) is 0. The van der Waals surface area contributed by atoms with E-state index in [1.807, 2.05) is 49.2 Å². The Balaban J connectivity index is 2.48. The summed E-state index contributed by atoms with van der Waals surface area (Å²) in [6, 6.07) is 10.0. The predicted molar refractivity (Wildman–Crippen MR) is 54.1 cm³/mol. The summed E-state index contributed by atoms with van der Waals surface area (Å²) in [6.07, 6.45) is -0.243. The fourth-order valence-electron chi connectivity index (χ4n) is 1.16. The molecule has 3 heteroatoms. The van der Waals surface area contributed by atoms with Crippen molar-refractivity contribution in [1.29, 1.82) is 0 Å². The first-order valence-electron chi connectivity index (χ1n) is 4.51. The van der Waals surface area contributed by atoms with E-state index in [4.69, 9.17) is 4.74 Å². The highest BCUT2D eigenvalue weighted by atomic mass is 16.5. The van der Waals surface area contributed by atoms with Crippen LogP contribution in [0.25, 0.3) is 0 Å². The lowest BCUT2D eigenvalue weighted by Gasteiger charge is -2.22. The normalized spacial score (nSPS) is 12.5. The van der Waals surface area contributed by atoms with Gasteiger partial charge in [-0.25, -0.2) is 4.79 Å². The molecule has 0 aliphatic heterocycles. The Bertz CT molecular complexity index is 274. The number of ether oxygens (including phenoxy) is 1. The van der Waals surface area contributed by atoms with Crippen molar-refractivity contribution in [3.05, 3.63) is 35.9 Å². The lowest BCUT2D eigenvalue weighted by atomic mass is 10.2. The van der Waals surface area contributed by atoms with Gasteiger partial charge in [-0.05, 0) is 19.5 Å². The molecule has 0 amide bonds. The van der Waals surface area contributed by atoms with Gasteiger partial charge in [0.05, 0.1) is 0 Å². The zero-order valence-corrected chi connectivity index (χ0v) is 8.43. The molecular weight excluding hydrogens is 178 g/mol. The standard InChI is InChI=1S/C11H14NO2/c1-10(14-9-13)12(2)8-11-6-4-3-5-7-11/h3-7,10H,8H2,1-2H3. The van der Waals surface area contributed by atoms with E-state index in [2.05, 4.69) is 0 Å². The van der Waals surface area contributed by atoms with Gasteiger partial charge in [0, 0.05) is 6.54 Å². The Kier molecular flexibility index (Phi) is 4.13. The van der Waals surface area contributed by atoms with Gasteiger partial charge < -0.3 is 4.74 Å². The maximum absolute atomic E-state index is 10.00. The molecule has 14 heavy (non-hydrogen) atoms. The van der Waals surface area contributed by atoms with Gasteiger partial charge in [-0.3, -0.25) is 4.90 Å². The molecule has 0 N–H and O–H groups in total. The van der Waals surface area contributed by atoms with E-state index in [1.54, 1.807) is 0 Å². The second-order valence-electron chi connectivity index (χ2n) is 3.20. The highest BCUT2D eigenvalue weighted by molar-refractivity contribution is 5.38. The molecule has 0 heterocycles. The van der Waals surface area contributed by atoms with Crippen LogP contribution in [0.4, 0.5) is 0 Å². The molecule has 75 valence electrons. The summed E-state index contributed by atoms with van der Waals surface area (Å²) in [5.41, 5.74) is 1.19. The van der Waals surface area contributed by atoms with Gasteiger partial charge >= 0.3 is 6.47 Å². The van der Waals surface area contributed by atoms with Crippen LogP contribution < -0.4 is 0 Å². The second kappa shape index (κ2) is 5.40. The van der Waals surface area contributed by atoms with Crippen molar-refractivity contribution in [1.82, 2.24) is 4.90 Å². The highest BCUT2D eigenvalue weighted by Crippen LogP contribution is 2.05. The number of hydrogen-bond donors (Lipinski definition) is 0. The van der Waals surface area contributed by atoms with Crippen LogP contribution in [0.15, 0.2) is 30.3 Å². The van der Waals surface area contributed by atoms with Gasteiger partial charge in [0.2, 0.25) is 0 Å². The molecule has 0 fully saturated rings. The summed E-state index contributed by atoms with van der Waals surface area (Å²) in [4.78, 5) is 11.9. The number of nitrogens with zero attached hydrogens (tertiary/aromatic N) is 1. The van der Waals surface area contributed by atoms with Crippen molar-refractivity contribution in [3.63, 3.8) is 0 Å². The zero-order chi connectivity index (χ0) is 10.4. The smallest absolute Gasteiger partial charge is 0.419 e. The Morgan fingerprint density at radius 3 is 2.64 bits per heavy atom. The van der Waals surface area contributed by atoms with Gasteiger partial charge in [0.15, 0.2) is 6.23 Å². The Morgan fingerprint density at radius 2 is 2.07 bits per heavy atom. The first-order valence-corrected chi connectivity index (χ1v) is 4.51. The van der Waals surface area contributed by atoms with E-state index in [-0.39, 0.29) is 6.23 Å². The fourth-order valence-corrected chi connectivity index (χ4v) is 1.16. The molecule has 1 rings (SSSR count). The molecule has 0 aliphatic rings. The third-order valence-corrected chi connectivity index (χ3v) is 2.11. The van der Waals surface area contributed by atoms with Crippen LogP contribution in [0.2, 0.25) is 0 Å². The molecule has 1 aromatic carbocycles. The van der Waals surface area contributed by atoms with Gasteiger partial charge in [-0.15, -0.1) is 0 Å². The van der Waals surface area contributed by atoms with Crippen LogP contribution in [0.1, 0.15) is 12.5 Å². The maximum atomic E-state index is 10.00. The third-order valence-electron chi connectivity index (χ3n) is 2.11. The molecule has 0 aromatic heterocycles. The van der Waals surface area contributed by atoms with Crippen molar-refractivity contribution < 1.29 is 9.53 Å². The number of carbonyl (C=O) groups excluding carboxylic acids is 1. The summed E-state index contributed by atoms with van der Waals surface area (Å²) in [5.74, 6) is 0. The van der Waals surface area contributed by atoms with E-state index < -0.39 is 0 Å². The summed E-state index contributed by atoms with van der Waals surface area (Å²) < 4.78 is 4.70. The number of hydrogen-bond acceptors (Lipinski definition) is 3. The van der Waals surface area contributed by atoms with Crippen molar-refractivity contribution in [2.24, 2.45) is 0 Å². The summed E-state index contributed by atoms with van der Waals surface area (Å²) in [7, 11) is 1.90. The van der Waals surface area contributed by atoms with Crippen LogP contribution in [0.5, 0.6) is 0 Å². The molecule has 1 radical (unpaired) electrons. The van der Waals surface area contributed by atoms with Gasteiger partial charge in [0.1, 0.15) is 0 Å². The van der Waals surface area contributed by atoms with Gasteiger partial charge in [0.25, 0.3) is 0 Å². The number of rotatable bonds is 5. The number of benzene rings is 1. The molecule has 0 bridgehead atoms. The van der Waals surface area contributed by atoms with E-state index in [0.29, 0.717) is 0 Å². The first kappa shape index (κ1) is 10.7. The van der Waals surface area contributed by atoms with Crippen LogP contribution in [-0.2, 0) is 16.1 Å². The van der Waals surface area contributed by atoms with Crippen LogP contribution in [0.3, 0.4) is 0 Å². The molecule has 0 saturated heterocycles. The molecule has 3 nitrogen and oxygen atoms in total. The molecule has 1 atom stereocenters. The minimum absolute atomic E-state index is 0.243. The van der Waals surface area contributed by atoms with Crippen molar-refractivity contribution in [2.75, 3.05) is 7.05 Å². The summed E-state index contributed by atoms with van der Waals surface area (Å²) in [6.45, 7) is 4.01. The third kappa shape index (κ3) is 3.18. The molecule has 0 spiro atoms. The molecule has 1 aromatic rings. The van der Waals surface area contributed by atoms with Crippen LogP contribution in [-0.4, -0.2) is 24.6 Å². The second-order valence-corrected chi connectivity index (χ2v) is 3.20. The largest absolute Gasteiger partial charge is 0.438 e. The quantitative estimate of drug-likeness (QED) is 0.663. The fraction of sp³-hybridized carbons (Fsp3) is 0.364. The van der Waals surface area contributed by atoms with Crippen molar-refractivity contribution >= 4 is 6.47 Å². The average molecular weight is 192 g/mol. The lowest BCUT2D eigenvalue weighted by molar-refractivity contribution is 0.0415.